The van der Waals surface area contributed by atoms with Crippen molar-refractivity contribution in [2.45, 2.75) is 25.3 Å². The zero-order valence-electron chi connectivity index (χ0n) is 19.5. The first-order valence-corrected chi connectivity index (χ1v) is 12.0. The topological polar surface area (TPSA) is 67.9 Å². The SMILES string of the molecule is CN1CCN(CC(NC(=O)Nc2ccccc2C(=O)N2CCCCC2)c2ccccc2)CC1. The van der Waals surface area contributed by atoms with Gasteiger partial charge >= 0.3 is 6.03 Å². The second-order valence-electron chi connectivity index (χ2n) is 9.06. The van der Waals surface area contributed by atoms with Gasteiger partial charge in [-0.3, -0.25) is 9.69 Å². The third kappa shape index (κ3) is 6.33. The maximum absolute atomic E-state index is 13.1. The number of carbonyl (C=O) groups is 2. The van der Waals surface area contributed by atoms with Gasteiger partial charge < -0.3 is 20.4 Å². The lowest BCUT2D eigenvalue weighted by Gasteiger charge is -2.35. The quantitative estimate of drug-likeness (QED) is 0.709. The van der Waals surface area contributed by atoms with Crippen molar-refractivity contribution in [2.24, 2.45) is 0 Å². The minimum absolute atomic E-state index is 0.0114. The van der Waals surface area contributed by atoms with E-state index in [9.17, 15) is 9.59 Å². The Morgan fingerprint density at radius 3 is 2.24 bits per heavy atom. The number of carbonyl (C=O) groups excluding carboxylic acids is 2. The normalized spacial score (nSPS) is 18.5. The number of anilines is 1. The number of likely N-dealkylation sites (N-methyl/N-ethyl adjacent to an activating group) is 1. The predicted octanol–water partition coefficient (Wildman–Crippen LogP) is 3.42. The molecule has 7 nitrogen and oxygen atoms in total. The zero-order chi connectivity index (χ0) is 23.0. The van der Waals surface area contributed by atoms with E-state index in [1.54, 1.807) is 12.1 Å². The fraction of sp³-hybridized carbons (Fsp3) is 0.462. The number of nitrogens with one attached hydrogen (secondary N) is 2. The highest BCUT2D eigenvalue weighted by Gasteiger charge is 2.24. The molecule has 0 aromatic heterocycles. The Kier molecular flexibility index (Phi) is 7.96. The second kappa shape index (κ2) is 11.3. The van der Waals surface area contributed by atoms with Crippen LogP contribution in [0.4, 0.5) is 10.5 Å². The summed E-state index contributed by atoms with van der Waals surface area (Å²) < 4.78 is 0. The number of para-hydroxylation sites is 1. The third-order valence-corrected chi connectivity index (χ3v) is 6.59. The van der Waals surface area contributed by atoms with Crippen LogP contribution in [0.2, 0.25) is 0 Å². The minimum Gasteiger partial charge on any atom is -0.339 e. The molecule has 2 aromatic rings. The average Bonchev–Trinajstić information content (AvgIpc) is 2.86. The Labute approximate surface area is 196 Å². The molecule has 0 bridgehead atoms. The molecule has 2 aliphatic rings. The van der Waals surface area contributed by atoms with Gasteiger partial charge in [0.2, 0.25) is 0 Å². The summed E-state index contributed by atoms with van der Waals surface area (Å²) in [6, 6.07) is 16.9. The van der Waals surface area contributed by atoms with E-state index in [4.69, 9.17) is 0 Å². The standard InChI is InChI=1S/C26H35N5O2/c1-29-16-18-30(19-17-29)20-24(21-10-4-2-5-11-21)28-26(33)27-23-13-7-6-12-22(23)25(32)31-14-8-3-9-15-31/h2,4-7,10-13,24H,3,8-9,14-20H2,1H3,(H2,27,28,33). The molecule has 0 saturated carbocycles. The summed E-state index contributed by atoms with van der Waals surface area (Å²) in [6.45, 7) is 6.33. The van der Waals surface area contributed by atoms with Crippen molar-refractivity contribution >= 4 is 17.6 Å². The lowest BCUT2D eigenvalue weighted by Crippen LogP contribution is -2.48. The molecule has 2 N–H and O–H groups in total. The van der Waals surface area contributed by atoms with Crippen LogP contribution in [0.1, 0.15) is 41.2 Å². The van der Waals surface area contributed by atoms with Gasteiger partial charge in [-0.1, -0.05) is 42.5 Å². The molecule has 0 aliphatic carbocycles. The van der Waals surface area contributed by atoms with Gasteiger partial charge in [0.1, 0.15) is 0 Å². The fourth-order valence-electron chi connectivity index (χ4n) is 4.57. The highest BCUT2D eigenvalue weighted by molar-refractivity contribution is 6.03. The number of piperidine rings is 1. The van der Waals surface area contributed by atoms with Crippen molar-refractivity contribution in [3.63, 3.8) is 0 Å². The van der Waals surface area contributed by atoms with Crippen LogP contribution in [0.15, 0.2) is 54.6 Å². The van der Waals surface area contributed by atoms with Crippen LogP contribution in [0.5, 0.6) is 0 Å². The predicted molar refractivity (Wildman–Crippen MR) is 131 cm³/mol. The van der Waals surface area contributed by atoms with E-state index in [1.807, 2.05) is 35.2 Å². The molecule has 7 heteroatoms. The molecule has 2 saturated heterocycles. The van der Waals surface area contributed by atoms with Crippen molar-refractivity contribution in [3.05, 3.63) is 65.7 Å². The van der Waals surface area contributed by atoms with E-state index in [1.165, 1.54) is 6.42 Å². The Morgan fingerprint density at radius 2 is 1.52 bits per heavy atom. The minimum atomic E-state index is -0.295. The van der Waals surface area contributed by atoms with E-state index in [0.717, 1.165) is 64.2 Å². The summed E-state index contributed by atoms with van der Waals surface area (Å²) in [6.07, 6.45) is 3.24. The number of rotatable bonds is 6. The van der Waals surface area contributed by atoms with Gasteiger partial charge in [0.25, 0.3) is 5.91 Å². The molecule has 33 heavy (non-hydrogen) atoms. The Hall–Kier alpha value is -2.90. The number of hydrogen-bond acceptors (Lipinski definition) is 4. The first-order valence-electron chi connectivity index (χ1n) is 12.0. The van der Waals surface area contributed by atoms with Crippen molar-refractivity contribution < 1.29 is 9.59 Å². The van der Waals surface area contributed by atoms with Gasteiger partial charge in [0, 0.05) is 45.8 Å². The largest absolute Gasteiger partial charge is 0.339 e. The van der Waals surface area contributed by atoms with Crippen LogP contribution in [0, 0.1) is 0 Å². The smallest absolute Gasteiger partial charge is 0.319 e. The number of likely N-dealkylation sites (tertiary alicyclic amines) is 1. The molecule has 2 heterocycles. The number of piperazine rings is 1. The van der Waals surface area contributed by atoms with Crippen molar-refractivity contribution in [1.29, 1.82) is 0 Å². The molecule has 2 aromatic carbocycles. The van der Waals surface area contributed by atoms with Gasteiger partial charge in [0.15, 0.2) is 0 Å². The molecule has 1 atom stereocenters. The third-order valence-electron chi connectivity index (χ3n) is 6.59. The van der Waals surface area contributed by atoms with Crippen molar-refractivity contribution in [1.82, 2.24) is 20.0 Å². The summed E-state index contributed by atoms with van der Waals surface area (Å²) in [5.74, 6) is -0.0114. The second-order valence-corrected chi connectivity index (χ2v) is 9.06. The van der Waals surface area contributed by atoms with E-state index in [0.29, 0.717) is 11.3 Å². The van der Waals surface area contributed by atoms with Crippen LogP contribution in [0.25, 0.3) is 0 Å². The maximum Gasteiger partial charge on any atom is 0.319 e. The van der Waals surface area contributed by atoms with E-state index in [2.05, 4.69) is 39.6 Å². The molecular formula is C26H35N5O2. The van der Waals surface area contributed by atoms with Gasteiger partial charge in [-0.2, -0.15) is 0 Å². The maximum atomic E-state index is 13.1. The number of amides is 3. The van der Waals surface area contributed by atoms with Gasteiger partial charge in [-0.05, 0) is 44.0 Å². The van der Waals surface area contributed by atoms with Crippen LogP contribution >= 0.6 is 0 Å². The molecule has 2 fully saturated rings. The van der Waals surface area contributed by atoms with Crippen molar-refractivity contribution in [2.75, 3.05) is 58.2 Å². The number of benzene rings is 2. The van der Waals surface area contributed by atoms with Gasteiger partial charge in [-0.15, -0.1) is 0 Å². The van der Waals surface area contributed by atoms with Gasteiger partial charge in [-0.25, -0.2) is 4.79 Å². The number of hydrogen-bond donors (Lipinski definition) is 2. The lowest BCUT2D eigenvalue weighted by molar-refractivity contribution is 0.0725. The van der Waals surface area contributed by atoms with E-state index in [-0.39, 0.29) is 18.0 Å². The van der Waals surface area contributed by atoms with E-state index < -0.39 is 0 Å². The summed E-state index contributed by atoms with van der Waals surface area (Å²) >= 11 is 0. The van der Waals surface area contributed by atoms with Crippen LogP contribution in [-0.4, -0.2) is 79.5 Å². The molecule has 0 radical (unpaired) electrons. The van der Waals surface area contributed by atoms with Crippen molar-refractivity contribution in [3.8, 4) is 0 Å². The molecule has 0 spiro atoms. The van der Waals surface area contributed by atoms with Crippen LogP contribution in [-0.2, 0) is 0 Å². The number of nitrogens with zero attached hydrogens (tertiary/aromatic N) is 3. The molecule has 2 aliphatic heterocycles. The first kappa shape index (κ1) is 23.3. The molecule has 4 rings (SSSR count). The van der Waals surface area contributed by atoms with Crippen LogP contribution in [0.3, 0.4) is 0 Å². The van der Waals surface area contributed by atoms with E-state index >= 15 is 0 Å². The first-order chi connectivity index (χ1) is 16.1. The lowest BCUT2D eigenvalue weighted by atomic mass is 10.1. The summed E-state index contributed by atoms with van der Waals surface area (Å²) in [5, 5.41) is 6.11. The van der Waals surface area contributed by atoms with Crippen LogP contribution < -0.4 is 10.6 Å². The average molecular weight is 450 g/mol. The van der Waals surface area contributed by atoms with Gasteiger partial charge in [0.05, 0.1) is 17.3 Å². The highest BCUT2D eigenvalue weighted by Crippen LogP contribution is 2.21. The Morgan fingerprint density at radius 1 is 0.848 bits per heavy atom. The zero-order valence-corrected chi connectivity index (χ0v) is 19.5. The summed E-state index contributed by atoms with van der Waals surface area (Å²) in [5.41, 5.74) is 2.17. The monoisotopic (exact) mass is 449 g/mol. The molecular weight excluding hydrogens is 414 g/mol. The number of urea groups is 1. The Balaban J connectivity index is 1.45. The molecule has 1 unspecified atom stereocenters. The highest BCUT2D eigenvalue weighted by atomic mass is 16.2. The fourth-order valence-corrected chi connectivity index (χ4v) is 4.57. The molecule has 176 valence electrons. The molecule has 3 amide bonds. The Bertz CT molecular complexity index is 921. The summed E-state index contributed by atoms with van der Waals surface area (Å²) in [7, 11) is 2.14. The summed E-state index contributed by atoms with van der Waals surface area (Å²) in [4.78, 5) is 32.8.